The second-order valence-corrected chi connectivity index (χ2v) is 6.52. The topological polar surface area (TPSA) is 57.1 Å². The third kappa shape index (κ3) is 4.14. The van der Waals surface area contributed by atoms with Gasteiger partial charge in [0.25, 0.3) is 0 Å². The van der Waals surface area contributed by atoms with Crippen molar-refractivity contribution in [3.05, 3.63) is 63.8 Å². The van der Waals surface area contributed by atoms with Crippen LogP contribution >= 0.6 is 15.9 Å². The number of ether oxygens (including phenoxy) is 3. The number of carbonyl (C=O) groups is 1. The molecular weight excluding hydrogens is 398 g/mol. The van der Waals surface area contributed by atoms with Crippen LogP contribution in [0, 0.1) is 0 Å². The summed E-state index contributed by atoms with van der Waals surface area (Å²) in [5.41, 5.74) is 1.75. The molecule has 0 bridgehead atoms. The summed E-state index contributed by atoms with van der Waals surface area (Å²) < 4.78 is 17.2. The summed E-state index contributed by atoms with van der Waals surface area (Å²) in [7, 11) is 1.58. The van der Waals surface area contributed by atoms with Gasteiger partial charge in [-0.05, 0) is 48.4 Å². The summed E-state index contributed by atoms with van der Waals surface area (Å²) in [6.45, 7) is 2.65. The largest absolute Gasteiger partial charge is 0.493 e. The van der Waals surface area contributed by atoms with Crippen LogP contribution < -0.4 is 9.47 Å². The Balaban J connectivity index is 1.88. The second kappa shape index (κ2) is 8.19. The Bertz CT molecular complexity index is 889. The highest BCUT2D eigenvalue weighted by atomic mass is 79.9. The zero-order valence-corrected chi connectivity index (χ0v) is 16.1. The highest BCUT2D eigenvalue weighted by Gasteiger charge is 2.24. The number of rotatable bonds is 6. The quantitative estimate of drug-likeness (QED) is 0.511. The summed E-state index contributed by atoms with van der Waals surface area (Å²) in [6.07, 6.45) is 2.58. The van der Waals surface area contributed by atoms with Crippen LogP contribution in [0.5, 0.6) is 11.5 Å². The van der Waals surface area contributed by atoms with Crippen LogP contribution in [0.4, 0.5) is 0 Å². The van der Waals surface area contributed by atoms with Gasteiger partial charge in [-0.15, -0.1) is 0 Å². The van der Waals surface area contributed by atoms with Gasteiger partial charge in [-0.25, -0.2) is 9.79 Å². The number of benzene rings is 2. The molecule has 3 rings (SSSR count). The lowest BCUT2D eigenvalue weighted by atomic mass is 10.1. The lowest BCUT2D eigenvalue weighted by molar-refractivity contribution is -0.129. The van der Waals surface area contributed by atoms with Crippen LogP contribution in [0.2, 0.25) is 0 Å². The Morgan fingerprint density at radius 1 is 1.19 bits per heavy atom. The van der Waals surface area contributed by atoms with Gasteiger partial charge in [-0.1, -0.05) is 35.0 Å². The molecule has 134 valence electrons. The molecule has 0 radical (unpaired) electrons. The average Bonchev–Trinajstić information content (AvgIpc) is 3.01. The maximum atomic E-state index is 12.1. The van der Waals surface area contributed by atoms with E-state index in [4.69, 9.17) is 14.2 Å². The van der Waals surface area contributed by atoms with Crippen molar-refractivity contribution in [2.24, 2.45) is 4.99 Å². The third-order valence-electron chi connectivity index (χ3n) is 3.64. The molecule has 5 nitrogen and oxygen atoms in total. The maximum absolute atomic E-state index is 12.1. The number of hydrogen-bond donors (Lipinski definition) is 0. The highest BCUT2D eigenvalue weighted by Crippen LogP contribution is 2.30. The van der Waals surface area contributed by atoms with Gasteiger partial charge < -0.3 is 14.2 Å². The molecule has 0 aromatic heterocycles. The minimum atomic E-state index is -0.481. The zero-order valence-electron chi connectivity index (χ0n) is 14.5. The van der Waals surface area contributed by atoms with Gasteiger partial charge in [0.05, 0.1) is 13.7 Å². The van der Waals surface area contributed by atoms with E-state index in [1.165, 1.54) is 0 Å². The summed E-state index contributed by atoms with van der Waals surface area (Å²) in [5, 5.41) is 0. The zero-order chi connectivity index (χ0) is 18.5. The number of carbonyl (C=O) groups excluding carboxylic acids is 1. The Kier molecular flexibility index (Phi) is 5.73. The molecule has 26 heavy (non-hydrogen) atoms. The fraction of sp³-hybridized carbons (Fsp3) is 0.200. The van der Waals surface area contributed by atoms with Crippen LogP contribution in [-0.2, 0) is 9.53 Å². The predicted molar refractivity (Wildman–Crippen MR) is 104 cm³/mol. The van der Waals surface area contributed by atoms with Gasteiger partial charge >= 0.3 is 5.97 Å². The fourth-order valence-corrected chi connectivity index (χ4v) is 2.82. The Morgan fingerprint density at radius 3 is 2.77 bits per heavy atom. The number of aliphatic imine (C=N–C) groups is 1. The first-order valence-electron chi connectivity index (χ1n) is 8.20. The van der Waals surface area contributed by atoms with E-state index in [9.17, 15) is 4.79 Å². The molecule has 1 aliphatic rings. The molecular formula is C20H18BrNO4. The Morgan fingerprint density at radius 2 is 2.04 bits per heavy atom. The van der Waals surface area contributed by atoms with E-state index in [1.54, 1.807) is 19.3 Å². The van der Waals surface area contributed by atoms with E-state index in [2.05, 4.69) is 20.9 Å². The molecule has 0 amide bonds. The number of nitrogens with zero attached hydrogens (tertiary/aromatic N) is 1. The lowest BCUT2D eigenvalue weighted by Crippen LogP contribution is -2.05. The molecule has 0 fully saturated rings. The maximum Gasteiger partial charge on any atom is 0.363 e. The van der Waals surface area contributed by atoms with Crippen molar-refractivity contribution in [1.82, 2.24) is 0 Å². The predicted octanol–water partition coefficient (Wildman–Crippen LogP) is 4.59. The van der Waals surface area contributed by atoms with Crippen LogP contribution in [0.15, 0.2) is 57.6 Å². The van der Waals surface area contributed by atoms with Crippen molar-refractivity contribution in [2.45, 2.75) is 13.3 Å². The molecule has 0 unspecified atom stereocenters. The van der Waals surface area contributed by atoms with Gasteiger partial charge in [-0.3, -0.25) is 0 Å². The van der Waals surface area contributed by atoms with Gasteiger partial charge in [-0.2, -0.15) is 0 Å². The summed E-state index contributed by atoms with van der Waals surface area (Å²) in [4.78, 5) is 16.5. The van der Waals surface area contributed by atoms with Gasteiger partial charge in [0.15, 0.2) is 17.2 Å². The average molecular weight is 416 g/mol. The van der Waals surface area contributed by atoms with E-state index in [-0.39, 0.29) is 11.6 Å². The van der Waals surface area contributed by atoms with Crippen molar-refractivity contribution in [1.29, 1.82) is 0 Å². The SMILES string of the molecule is CCCOc1ccc(C=C2N=C(c3cccc(Br)c3)OC2=O)cc1OC. The molecule has 0 spiro atoms. The number of hydrogen-bond acceptors (Lipinski definition) is 5. The molecule has 1 aliphatic heterocycles. The fourth-order valence-electron chi connectivity index (χ4n) is 2.42. The smallest absolute Gasteiger partial charge is 0.363 e. The van der Waals surface area contributed by atoms with Gasteiger partial charge in [0.1, 0.15) is 0 Å². The van der Waals surface area contributed by atoms with Crippen LogP contribution in [0.1, 0.15) is 24.5 Å². The van der Waals surface area contributed by atoms with E-state index in [0.717, 1.165) is 22.0 Å². The van der Waals surface area contributed by atoms with Gasteiger partial charge in [0.2, 0.25) is 5.90 Å². The van der Waals surface area contributed by atoms with E-state index in [1.807, 2.05) is 43.3 Å². The molecule has 2 aromatic carbocycles. The second-order valence-electron chi connectivity index (χ2n) is 5.61. The summed E-state index contributed by atoms with van der Waals surface area (Å²) in [5.74, 6) is 1.09. The van der Waals surface area contributed by atoms with Crippen LogP contribution in [0.25, 0.3) is 6.08 Å². The summed E-state index contributed by atoms with van der Waals surface area (Å²) >= 11 is 3.40. The number of methoxy groups -OCH3 is 1. The molecule has 0 N–H and O–H groups in total. The van der Waals surface area contributed by atoms with Crippen molar-refractivity contribution in [2.75, 3.05) is 13.7 Å². The molecule has 6 heteroatoms. The molecule has 1 heterocycles. The van der Waals surface area contributed by atoms with Gasteiger partial charge in [0, 0.05) is 10.0 Å². The first kappa shape index (κ1) is 18.2. The van der Waals surface area contributed by atoms with Crippen LogP contribution in [0.3, 0.4) is 0 Å². The van der Waals surface area contributed by atoms with Crippen LogP contribution in [-0.4, -0.2) is 25.6 Å². The number of cyclic esters (lactones) is 1. The Hall–Kier alpha value is -2.60. The monoisotopic (exact) mass is 415 g/mol. The molecule has 0 saturated carbocycles. The first-order valence-corrected chi connectivity index (χ1v) is 8.99. The Labute approximate surface area is 160 Å². The number of halogens is 1. The van der Waals surface area contributed by atoms with E-state index < -0.39 is 5.97 Å². The standard InChI is InChI=1S/C20H18BrNO4/c1-3-9-25-17-8-7-13(11-18(17)24-2)10-16-20(23)26-19(22-16)14-5-4-6-15(21)12-14/h4-8,10-12H,3,9H2,1-2H3. The number of esters is 1. The normalized spacial score (nSPS) is 15.0. The van der Waals surface area contributed by atoms with E-state index >= 15 is 0 Å². The minimum absolute atomic E-state index is 0.240. The third-order valence-corrected chi connectivity index (χ3v) is 4.14. The molecule has 2 aromatic rings. The van der Waals surface area contributed by atoms with Crippen molar-refractivity contribution in [3.63, 3.8) is 0 Å². The van der Waals surface area contributed by atoms with Crippen molar-refractivity contribution in [3.8, 4) is 11.5 Å². The highest BCUT2D eigenvalue weighted by molar-refractivity contribution is 9.10. The molecule has 0 saturated heterocycles. The van der Waals surface area contributed by atoms with Crippen molar-refractivity contribution >= 4 is 33.9 Å². The first-order chi connectivity index (χ1) is 12.6. The molecule has 0 atom stereocenters. The van der Waals surface area contributed by atoms with Crippen molar-refractivity contribution < 1.29 is 19.0 Å². The van der Waals surface area contributed by atoms with E-state index in [0.29, 0.717) is 18.1 Å². The summed E-state index contributed by atoms with van der Waals surface area (Å²) in [6, 6.07) is 12.9. The molecule has 0 aliphatic carbocycles. The lowest BCUT2D eigenvalue weighted by Gasteiger charge is -2.10. The minimum Gasteiger partial charge on any atom is -0.493 e.